The van der Waals surface area contributed by atoms with Crippen molar-refractivity contribution in [2.45, 2.75) is 13.5 Å². The second-order valence-electron chi connectivity index (χ2n) is 3.92. The van der Waals surface area contributed by atoms with E-state index in [1.54, 1.807) is 18.5 Å². The van der Waals surface area contributed by atoms with E-state index in [0.717, 1.165) is 5.69 Å². The number of rotatable bonds is 4. The standard InChI is InChI=1S/C13H14N6S/c1-10(12-6-4-8-16-18-12)17-19-13(20)15-9-11-5-2-3-7-14-11/h2-8H,9H2,1H3,(H2,15,19,20)/b17-10+. The highest BCUT2D eigenvalue weighted by molar-refractivity contribution is 7.80. The van der Waals surface area contributed by atoms with Crippen LogP contribution in [0.1, 0.15) is 18.3 Å². The lowest BCUT2D eigenvalue weighted by atomic mass is 10.3. The Balaban J connectivity index is 1.83. The molecule has 0 aliphatic heterocycles. The van der Waals surface area contributed by atoms with Crippen LogP contribution in [0.3, 0.4) is 0 Å². The second-order valence-corrected chi connectivity index (χ2v) is 4.33. The molecule has 2 aromatic rings. The molecule has 0 saturated carbocycles. The van der Waals surface area contributed by atoms with E-state index >= 15 is 0 Å². The highest BCUT2D eigenvalue weighted by atomic mass is 32.1. The fourth-order valence-corrected chi connectivity index (χ4v) is 1.52. The maximum absolute atomic E-state index is 5.13. The number of thiocarbonyl (C=S) groups is 1. The summed E-state index contributed by atoms with van der Waals surface area (Å²) in [5, 5.41) is 15.3. The molecule has 0 unspecified atom stereocenters. The van der Waals surface area contributed by atoms with Crippen molar-refractivity contribution in [1.82, 2.24) is 25.9 Å². The van der Waals surface area contributed by atoms with E-state index in [2.05, 4.69) is 31.0 Å². The molecule has 2 heterocycles. The minimum atomic E-state index is 0.430. The van der Waals surface area contributed by atoms with Crippen LogP contribution in [0.4, 0.5) is 0 Å². The van der Waals surface area contributed by atoms with Gasteiger partial charge in [-0.3, -0.25) is 10.4 Å². The summed E-state index contributed by atoms with van der Waals surface area (Å²) in [6, 6.07) is 9.35. The third-order valence-corrected chi connectivity index (χ3v) is 2.66. The van der Waals surface area contributed by atoms with Crippen LogP contribution in [0, 0.1) is 0 Å². The molecule has 0 aliphatic rings. The van der Waals surface area contributed by atoms with E-state index in [0.29, 0.717) is 23.1 Å². The molecule has 0 saturated heterocycles. The fourth-order valence-electron chi connectivity index (χ4n) is 1.40. The van der Waals surface area contributed by atoms with Crippen LogP contribution in [0.2, 0.25) is 0 Å². The van der Waals surface area contributed by atoms with Crippen LogP contribution in [-0.2, 0) is 6.54 Å². The molecule has 20 heavy (non-hydrogen) atoms. The minimum Gasteiger partial charge on any atom is -0.356 e. The van der Waals surface area contributed by atoms with Gasteiger partial charge in [-0.05, 0) is 43.4 Å². The molecule has 2 N–H and O–H groups in total. The van der Waals surface area contributed by atoms with Crippen molar-refractivity contribution in [2.24, 2.45) is 5.10 Å². The molecule has 0 radical (unpaired) electrons. The van der Waals surface area contributed by atoms with Crippen molar-refractivity contribution in [2.75, 3.05) is 0 Å². The van der Waals surface area contributed by atoms with Gasteiger partial charge in [0.15, 0.2) is 5.11 Å². The lowest BCUT2D eigenvalue weighted by molar-refractivity contribution is 0.839. The molecule has 0 amide bonds. The van der Waals surface area contributed by atoms with Crippen molar-refractivity contribution < 1.29 is 0 Å². The number of nitrogens with zero attached hydrogens (tertiary/aromatic N) is 4. The lowest BCUT2D eigenvalue weighted by Crippen LogP contribution is -2.32. The molecule has 2 rings (SSSR count). The predicted molar refractivity (Wildman–Crippen MR) is 81.1 cm³/mol. The second kappa shape index (κ2) is 7.25. The van der Waals surface area contributed by atoms with Gasteiger partial charge in [0.05, 0.1) is 18.0 Å². The molecule has 0 fully saturated rings. The molecule has 7 heteroatoms. The van der Waals surface area contributed by atoms with Gasteiger partial charge in [-0.2, -0.15) is 10.2 Å². The Hall–Kier alpha value is -2.41. The van der Waals surface area contributed by atoms with Gasteiger partial charge in [0, 0.05) is 12.4 Å². The summed E-state index contributed by atoms with van der Waals surface area (Å²) in [5.41, 5.74) is 5.08. The zero-order chi connectivity index (χ0) is 14.2. The Bertz CT molecular complexity index is 584. The third-order valence-electron chi connectivity index (χ3n) is 2.42. The summed E-state index contributed by atoms with van der Waals surface area (Å²) in [6.45, 7) is 2.38. The SMILES string of the molecule is C/C(=N\NC(=S)NCc1ccccn1)c1cccnn1. The van der Waals surface area contributed by atoms with Crippen LogP contribution in [0.5, 0.6) is 0 Å². The number of hydrogen-bond donors (Lipinski definition) is 2. The topological polar surface area (TPSA) is 75.1 Å². The first kappa shape index (κ1) is 14.0. The highest BCUT2D eigenvalue weighted by Gasteiger charge is 1.99. The van der Waals surface area contributed by atoms with E-state index in [4.69, 9.17) is 12.2 Å². The number of pyridine rings is 1. The normalized spacial score (nSPS) is 10.9. The van der Waals surface area contributed by atoms with Crippen LogP contribution in [0.15, 0.2) is 47.8 Å². The molecule has 0 aliphatic carbocycles. The molecule has 0 spiro atoms. The summed E-state index contributed by atoms with van der Waals surface area (Å²) in [4.78, 5) is 4.19. The zero-order valence-electron chi connectivity index (χ0n) is 10.9. The van der Waals surface area contributed by atoms with Crippen molar-refractivity contribution in [3.8, 4) is 0 Å². The van der Waals surface area contributed by atoms with Crippen molar-refractivity contribution in [3.05, 3.63) is 54.1 Å². The first-order valence-electron chi connectivity index (χ1n) is 6.02. The Morgan fingerprint density at radius 1 is 1.25 bits per heavy atom. The van der Waals surface area contributed by atoms with E-state index in [1.165, 1.54) is 0 Å². The summed E-state index contributed by atoms with van der Waals surface area (Å²) < 4.78 is 0. The molecule has 0 aromatic carbocycles. The molecular weight excluding hydrogens is 272 g/mol. The van der Waals surface area contributed by atoms with E-state index in [-0.39, 0.29) is 0 Å². The molecular formula is C13H14N6S. The Kier molecular flexibility index (Phi) is 5.08. The Morgan fingerprint density at radius 2 is 2.15 bits per heavy atom. The van der Waals surface area contributed by atoms with Crippen molar-refractivity contribution in [1.29, 1.82) is 0 Å². The van der Waals surface area contributed by atoms with Crippen molar-refractivity contribution in [3.63, 3.8) is 0 Å². The Morgan fingerprint density at radius 3 is 2.85 bits per heavy atom. The van der Waals surface area contributed by atoms with Gasteiger partial charge in [0.25, 0.3) is 0 Å². The summed E-state index contributed by atoms with van der Waals surface area (Å²) in [6.07, 6.45) is 3.35. The van der Waals surface area contributed by atoms with Crippen LogP contribution in [-0.4, -0.2) is 26.0 Å². The fraction of sp³-hybridized carbons (Fsp3) is 0.154. The quantitative estimate of drug-likeness (QED) is 0.501. The molecule has 102 valence electrons. The maximum Gasteiger partial charge on any atom is 0.187 e. The summed E-state index contributed by atoms with van der Waals surface area (Å²) >= 11 is 5.13. The predicted octanol–water partition coefficient (Wildman–Crippen LogP) is 1.26. The van der Waals surface area contributed by atoms with E-state index < -0.39 is 0 Å². The number of hydrogen-bond acceptors (Lipinski definition) is 5. The molecule has 0 atom stereocenters. The first-order valence-corrected chi connectivity index (χ1v) is 6.42. The smallest absolute Gasteiger partial charge is 0.187 e. The summed E-state index contributed by atoms with van der Waals surface area (Å²) in [5.74, 6) is 0. The van der Waals surface area contributed by atoms with Crippen molar-refractivity contribution >= 4 is 23.0 Å². The van der Waals surface area contributed by atoms with Crippen LogP contribution in [0.25, 0.3) is 0 Å². The largest absolute Gasteiger partial charge is 0.356 e. The Labute approximate surface area is 122 Å². The number of nitrogens with one attached hydrogen (secondary N) is 2. The maximum atomic E-state index is 5.13. The third kappa shape index (κ3) is 4.36. The van der Waals surface area contributed by atoms with Gasteiger partial charge in [0.2, 0.25) is 0 Å². The minimum absolute atomic E-state index is 0.430. The van der Waals surface area contributed by atoms with Gasteiger partial charge in [-0.1, -0.05) is 6.07 Å². The zero-order valence-corrected chi connectivity index (χ0v) is 11.8. The van der Waals surface area contributed by atoms with E-state index in [9.17, 15) is 0 Å². The molecule has 2 aromatic heterocycles. The number of aromatic nitrogens is 3. The number of hydrazone groups is 1. The average molecular weight is 286 g/mol. The van der Waals surface area contributed by atoms with Gasteiger partial charge < -0.3 is 5.32 Å². The monoisotopic (exact) mass is 286 g/mol. The first-order chi connectivity index (χ1) is 9.75. The van der Waals surface area contributed by atoms with Gasteiger partial charge >= 0.3 is 0 Å². The van der Waals surface area contributed by atoms with Crippen LogP contribution < -0.4 is 10.7 Å². The summed E-state index contributed by atoms with van der Waals surface area (Å²) in [7, 11) is 0. The van der Waals surface area contributed by atoms with Crippen LogP contribution >= 0.6 is 12.2 Å². The average Bonchev–Trinajstić information content (AvgIpc) is 2.52. The highest BCUT2D eigenvalue weighted by Crippen LogP contribution is 1.94. The van der Waals surface area contributed by atoms with E-state index in [1.807, 2.05) is 31.2 Å². The molecule has 6 nitrogen and oxygen atoms in total. The lowest BCUT2D eigenvalue weighted by Gasteiger charge is -2.07. The van der Waals surface area contributed by atoms with Gasteiger partial charge in [-0.25, -0.2) is 0 Å². The van der Waals surface area contributed by atoms with Gasteiger partial charge in [0.1, 0.15) is 5.69 Å². The van der Waals surface area contributed by atoms with Gasteiger partial charge in [-0.15, -0.1) is 5.10 Å². The molecule has 0 bridgehead atoms.